The summed E-state index contributed by atoms with van der Waals surface area (Å²) in [7, 11) is 0. The molecule has 2 rings (SSSR count). The number of aryl methyl sites for hydroxylation is 1. The molecule has 136 valence electrons. The highest BCUT2D eigenvalue weighted by Crippen LogP contribution is 2.17. The van der Waals surface area contributed by atoms with Gasteiger partial charge in [0.1, 0.15) is 5.75 Å². The number of para-hydroxylation sites is 1. The third-order valence-electron chi connectivity index (χ3n) is 3.61. The van der Waals surface area contributed by atoms with Gasteiger partial charge in [0.25, 0.3) is 0 Å². The van der Waals surface area contributed by atoms with Crippen molar-refractivity contribution in [2.45, 2.75) is 33.6 Å². The first-order valence-corrected chi connectivity index (χ1v) is 9.74. The molecule has 0 spiro atoms. The number of benzene rings is 1. The molecular formula is C19H28N4OS. The zero-order valence-electron chi connectivity index (χ0n) is 15.3. The highest BCUT2D eigenvalue weighted by atomic mass is 32.1. The SMILES string of the molecule is CCNC(=NCCc1csc(C)n1)NCCc1ccccc1OCC. The van der Waals surface area contributed by atoms with Gasteiger partial charge in [0, 0.05) is 31.4 Å². The van der Waals surface area contributed by atoms with Gasteiger partial charge in [0.05, 0.1) is 17.3 Å². The summed E-state index contributed by atoms with van der Waals surface area (Å²) in [4.78, 5) is 9.11. The van der Waals surface area contributed by atoms with Crippen LogP contribution in [0.15, 0.2) is 34.6 Å². The number of aromatic nitrogens is 1. The maximum absolute atomic E-state index is 5.68. The predicted molar refractivity (Wildman–Crippen MR) is 106 cm³/mol. The van der Waals surface area contributed by atoms with Crippen molar-refractivity contribution in [1.82, 2.24) is 15.6 Å². The van der Waals surface area contributed by atoms with Gasteiger partial charge in [-0.15, -0.1) is 11.3 Å². The number of nitrogens with zero attached hydrogens (tertiary/aromatic N) is 2. The average Bonchev–Trinajstić information content (AvgIpc) is 3.02. The molecule has 2 aromatic rings. The maximum Gasteiger partial charge on any atom is 0.191 e. The first-order chi connectivity index (χ1) is 12.2. The number of hydrogen-bond donors (Lipinski definition) is 2. The molecule has 0 amide bonds. The Morgan fingerprint density at radius 1 is 1.20 bits per heavy atom. The van der Waals surface area contributed by atoms with E-state index in [0.717, 1.165) is 54.9 Å². The van der Waals surface area contributed by atoms with Gasteiger partial charge in [-0.1, -0.05) is 18.2 Å². The summed E-state index contributed by atoms with van der Waals surface area (Å²) >= 11 is 1.69. The Hall–Kier alpha value is -2.08. The van der Waals surface area contributed by atoms with Crippen LogP contribution in [0.2, 0.25) is 0 Å². The molecule has 1 aromatic carbocycles. The van der Waals surface area contributed by atoms with Gasteiger partial charge in [-0.05, 0) is 38.8 Å². The Morgan fingerprint density at radius 3 is 2.76 bits per heavy atom. The van der Waals surface area contributed by atoms with Gasteiger partial charge < -0.3 is 15.4 Å². The number of thiazole rings is 1. The van der Waals surface area contributed by atoms with Crippen molar-refractivity contribution in [2.24, 2.45) is 4.99 Å². The highest BCUT2D eigenvalue weighted by molar-refractivity contribution is 7.09. The van der Waals surface area contributed by atoms with Crippen LogP contribution >= 0.6 is 11.3 Å². The number of rotatable bonds is 9. The van der Waals surface area contributed by atoms with E-state index in [0.29, 0.717) is 6.61 Å². The zero-order valence-corrected chi connectivity index (χ0v) is 16.2. The molecule has 1 aromatic heterocycles. The van der Waals surface area contributed by atoms with E-state index in [1.54, 1.807) is 11.3 Å². The quantitative estimate of drug-likeness (QED) is 0.533. The van der Waals surface area contributed by atoms with Gasteiger partial charge in [0.2, 0.25) is 0 Å². The second-order valence-electron chi connectivity index (χ2n) is 5.59. The molecule has 0 aliphatic carbocycles. The first kappa shape index (κ1) is 19.2. The topological polar surface area (TPSA) is 58.5 Å². The van der Waals surface area contributed by atoms with Crippen LogP contribution in [0.1, 0.15) is 30.1 Å². The molecule has 25 heavy (non-hydrogen) atoms. The van der Waals surface area contributed by atoms with Crippen LogP contribution in [0.25, 0.3) is 0 Å². The van der Waals surface area contributed by atoms with Gasteiger partial charge in [-0.2, -0.15) is 0 Å². The molecule has 0 aliphatic rings. The summed E-state index contributed by atoms with van der Waals surface area (Å²) in [6.07, 6.45) is 1.76. The van der Waals surface area contributed by atoms with E-state index in [9.17, 15) is 0 Å². The van der Waals surface area contributed by atoms with Crippen LogP contribution < -0.4 is 15.4 Å². The van der Waals surface area contributed by atoms with Crippen molar-refractivity contribution in [1.29, 1.82) is 0 Å². The molecule has 0 saturated carbocycles. The molecule has 0 bridgehead atoms. The van der Waals surface area contributed by atoms with Crippen LogP contribution in [-0.4, -0.2) is 37.2 Å². The Morgan fingerprint density at radius 2 is 2.04 bits per heavy atom. The molecule has 2 N–H and O–H groups in total. The van der Waals surface area contributed by atoms with Crippen LogP contribution in [-0.2, 0) is 12.8 Å². The fourth-order valence-corrected chi connectivity index (χ4v) is 3.12. The van der Waals surface area contributed by atoms with Gasteiger partial charge >= 0.3 is 0 Å². The normalized spacial score (nSPS) is 11.4. The molecular weight excluding hydrogens is 332 g/mol. The van der Waals surface area contributed by atoms with E-state index in [-0.39, 0.29) is 0 Å². The smallest absolute Gasteiger partial charge is 0.191 e. The zero-order chi connectivity index (χ0) is 17.9. The Kier molecular flexibility index (Phi) is 8.25. The Bertz CT molecular complexity index is 669. The summed E-state index contributed by atoms with van der Waals surface area (Å²) in [6, 6.07) is 8.19. The molecule has 1 heterocycles. The van der Waals surface area contributed by atoms with E-state index < -0.39 is 0 Å². The third kappa shape index (κ3) is 6.74. The molecule has 0 atom stereocenters. The minimum absolute atomic E-state index is 0.685. The monoisotopic (exact) mass is 360 g/mol. The minimum atomic E-state index is 0.685. The second kappa shape index (κ2) is 10.7. The fraction of sp³-hybridized carbons (Fsp3) is 0.474. The lowest BCUT2D eigenvalue weighted by molar-refractivity contribution is 0.336. The van der Waals surface area contributed by atoms with Crippen LogP contribution in [0.3, 0.4) is 0 Å². The van der Waals surface area contributed by atoms with E-state index in [1.807, 2.05) is 32.0 Å². The number of guanidine groups is 1. The molecule has 0 unspecified atom stereocenters. The van der Waals surface area contributed by atoms with E-state index in [4.69, 9.17) is 4.74 Å². The number of ether oxygens (including phenoxy) is 1. The van der Waals surface area contributed by atoms with Crippen molar-refractivity contribution >= 4 is 17.3 Å². The van der Waals surface area contributed by atoms with Crippen molar-refractivity contribution in [2.75, 3.05) is 26.2 Å². The van der Waals surface area contributed by atoms with Crippen molar-refractivity contribution < 1.29 is 4.74 Å². The largest absolute Gasteiger partial charge is 0.494 e. The molecule has 0 saturated heterocycles. The summed E-state index contributed by atoms with van der Waals surface area (Å²) in [5.41, 5.74) is 2.33. The standard InChI is InChI=1S/C19H28N4OS/c1-4-20-19(22-13-11-17-14-25-15(3)23-17)21-12-10-16-8-6-7-9-18(16)24-5-2/h6-9,14H,4-5,10-13H2,1-3H3,(H2,20,21,22). The lowest BCUT2D eigenvalue weighted by atomic mass is 10.1. The molecule has 0 radical (unpaired) electrons. The van der Waals surface area contributed by atoms with Crippen LogP contribution in [0.5, 0.6) is 5.75 Å². The van der Waals surface area contributed by atoms with Crippen molar-refractivity contribution in [3.8, 4) is 5.75 Å². The highest BCUT2D eigenvalue weighted by Gasteiger charge is 2.04. The van der Waals surface area contributed by atoms with Crippen LogP contribution in [0.4, 0.5) is 0 Å². The van der Waals surface area contributed by atoms with Crippen molar-refractivity contribution in [3.63, 3.8) is 0 Å². The summed E-state index contributed by atoms with van der Waals surface area (Å²) in [5.74, 6) is 1.82. The van der Waals surface area contributed by atoms with E-state index in [2.05, 4.69) is 39.0 Å². The van der Waals surface area contributed by atoms with E-state index >= 15 is 0 Å². The number of aliphatic imine (C=N–C) groups is 1. The van der Waals surface area contributed by atoms with E-state index in [1.165, 1.54) is 5.56 Å². The summed E-state index contributed by atoms with van der Waals surface area (Å²) < 4.78 is 5.68. The predicted octanol–water partition coefficient (Wildman–Crippen LogP) is 3.19. The maximum atomic E-state index is 5.68. The first-order valence-electron chi connectivity index (χ1n) is 8.86. The minimum Gasteiger partial charge on any atom is -0.494 e. The molecule has 5 nitrogen and oxygen atoms in total. The molecule has 6 heteroatoms. The molecule has 0 aliphatic heterocycles. The Labute approximate surface area is 154 Å². The lowest BCUT2D eigenvalue weighted by Crippen LogP contribution is -2.38. The van der Waals surface area contributed by atoms with Gasteiger partial charge in [-0.3, -0.25) is 4.99 Å². The van der Waals surface area contributed by atoms with Crippen molar-refractivity contribution in [3.05, 3.63) is 45.9 Å². The third-order valence-corrected chi connectivity index (χ3v) is 4.43. The van der Waals surface area contributed by atoms with Crippen LogP contribution in [0, 0.1) is 6.92 Å². The van der Waals surface area contributed by atoms with Gasteiger partial charge in [0.15, 0.2) is 5.96 Å². The number of hydrogen-bond acceptors (Lipinski definition) is 4. The molecule has 0 fully saturated rings. The fourth-order valence-electron chi connectivity index (χ4n) is 2.47. The lowest BCUT2D eigenvalue weighted by Gasteiger charge is -2.13. The second-order valence-corrected chi connectivity index (χ2v) is 6.65. The summed E-state index contributed by atoms with van der Waals surface area (Å²) in [5, 5.41) is 9.90. The number of nitrogens with one attached hydrogen (secondary N) is 2. The van der Waals surface area contributed by atoms with Gasteiger partial charge in [-0.25, -0.2) is 4.98 Å². The Balaban J connectivity index is 1.83. The summed E-state index contributed by atoms with van der Waals surface area (Å²) in [6.45, 7) is 9.19. The average molecular weight is 361 g/mol.